The van der Waals surface area contributed by atoms with E-state index in [2.05, 4.69) is 10.5 Å². The second kappa shape index (κ2) is 4.28. The second-order valence-corrected chi connectivity index (χ2v) is 2.19. The maximum absolute atomic E-state index is 11.2. The van der Waals surface area contributed by atoms with Crippen LogP contribution in [0.4, 0.5) is 0 Å². The van der Waals surface area contributed by atoms with E-state index >= 15 is 0 Å². The average molecular weight is 162 g/mol. The molecule has 12 heavy (non-hydrogen) atoms. The van der Waals surface area contributed by atoms with Crippen LogP contribution in [0.25, 0.3) is 0 Å². The molecule has 0 spiro atoms. The van der Waals surface area contributed by atoms with Crippen molar-refractivity contribution in [2.75, 3.05) is 0 Å². The van der Waals surface area contributed by atoms with Crippen molar-refractivity contribution in [2.24, 2.45) is 5.10 Å². The van der Waals surface area contributed by atoms with Gasteiger partial charge < -0.3 is 0 Å². The molecule has 0 bridgehead atoms. The van der Waals surface area contributed by atoms with Gasteiger partial charge in [-0.15, -0.1) is 0 Å². The lowest BCUT2D eigenvalue weighted by atomic mass is 10.2. The fourth-order valence-corrected chi connectivity index (χ4v) is 0.777. The van der Waals surface area contributed by atoms with Gasteiger partial charge in [-0.2, -0.15) is 5.10 Å². The van der Waals surface area contributed by atoms with E-state index in [0.717, 1.165) is 0 Å². The topological polar surface area (TPSA) is 41.5 Å². The molecule has 0 aliphatic heterocycles. The van der Waals surface area contributed by atoms with Crippen LogP contribution in [0.3, 0.4) is 0 Å². The molecule has 0 saturated heterocycles. The van der Waals surface area contributed by atoms with Gasteiger partial charge in [-0.3, -0.25) is 4.79 Å². The standard InChI is InChI=1S/C9H10N2O/c1-2-10-11-9(12)8-6-4-3-5-7-8/h2-7H,1H3,(H,11,12)/b10-2-. The minimum atomic E-state index is -0.186. The van der Waals surface area contributed by atoms with Crippen LogP contribution in [-0.2, 0) is 0 Å². The summed E-state index contributed by atoms with van der Waals surface area (Å²) in [5.74, 6) is -0.186. The summed E-state index contributed by atoms with van der Waals surface area (Å²) in [5.41, 5.74) is 2.99. The zero-order chi connectivity index (χ0) is 8.81. The molecule has 0 aliphatic rings. The van der Waals surface area contributed by atoms with E-state index in [1.54, 1.807) is 19.1 Å². The highest BCUT2D eigenvalue weighted by molar-refractivity contribution is 5.94. The van der Waals surface area contributed by atoms with Crippen molar-refractivity contribution in [3.05, 3.63) is 35.9 Å². The van der Waals surface area contributed by atoms with Crippen LogP contribution < -0.4 is 5.43 Å². The number of amides is 1. The van der Waals surface area contributed by atoms with Crippen molar-refractivity contribution in [3.8, 4) is 0 Å². The molecule has 1 aromatic rings. The van der Waals surface area contributed by atoms with Gasteiger partial charge in [-0.25, -0.2) is 5.43 Å². The van der Waals surface area contributed by atoms with Crippen molar-refractivity contribution in [2.45, 2.75) is 6.92 Å². The quantitative estimate of drug-likeness (QED) is 0.518. The monoisotopic (exact) mass is 162 g/mol. The predicted octanol–water partition coefficient (Wildman–Crippen LogP) is 1.42. The first-order valence-electron chi connectivity index (χ1n) is 3.67. The van der Waals surface area contributed by atoms with Gasteiger partial charge in [0.2, 0.25) is 0 Å². The molecule has 1 aromatic carbocycles. The molecule has 0 saturated carbocycles. The Morgan fingerprint density at radius 2 is 2.08 bits per heavy atom. The van der Waals surface area contributed by atoms with Crippen molar-refractivity contribution in [1.29, 1.82) is 0 Å². The lowest BCUT2D eigenvalue weighted by Gasteiger charge is -1.97. The first-order chi connectivity index (χ1) is 5.84. The highest BCUT2D eigenvalue weighted by Crippen LogP contribution is 1.96. The Bertz CT molecular complexity index is 280. The largest absolute Gasteiger partial charge is 0.271 e. The molecule has 0 heterocycles. The smallest absolute Gasteiger partial charge is 0.267 e. The molecular formula is C9H10N2O. The number of benzene rings is 1. The highest BCUT2D eigenvalue weighted by atomic mass is 16.2. The average Bonchev–Trinajstić information content (AvgIpc) is 2.15. The van der Waals surface area contributed by atoms with E-state index in [1.165, 1.54) is 6.21 Å². The number of hydrazone groups is 1. The minimum absolute atomic E-state index is 0.186. The maximum atomic E-state index is 11.2. The Balaban J connectivity index is 2.66. The molecule has 1 N–H and O–H groups in total. The van der Waals surface area contributed by atoms with E-state index in [4.69, 9.17) is 0 Å². The fourth-order valence-electron chi connectivity index (χ4n) is 0.777. The van der Waals surface area contributed by atoms with Crippen LogP contribution in [0.2, 0.25) is 0 Å². The van der Waals surface area contributed by atoms with Crippen LogP contribution in [0.15, 0.2) is 35.4 Å². The van der Waals surface area contributed by atoms with Gasteiger partial charge in [0, 0.05) is 11.8 Å². The summed E-state index contributed by atoms with van der Waals surface area (Å²) in [6, 6.07) is 8.95. The molecule has 0 aliphatic carbocycles. The van der Waals surface area contributed by atoms with Crippen LogP contribution in [-0.4, -0.2) is 12.1 Å². The first-order valence-corrected chi connectivity index (χ1v) is 3.67. The summed E-state index contributed by atoms with van der Waals surface area (Å²) in [6.07, 6.45) is 1.53. The van der Waals surface area contributed by atoms with Gasteiger partial charge in [-0.05, 0) is 19.1 Å². The first kappa shape index (κ1) is 8.46. The number of carbonyl (C=O) groups is 1. The van der Waals surface area contributed by atoms with E-state index < -0.39 is 0 Å². The molecule has 0 aromatic heterocycles. The van der Waals surface area contributed by atoms with Gasteiger partial charge in [0.05, 0.1) is 0 Å². The van der Waals surface area contributed by atoms with Gasteiger partial charge in [0.15, 0.2) is 0 Å². The highest BCUT2D eigenvalue weighted by Gasteiger charge is 2.00. The SMILES string of the molecule is C/C=N\NC(=O)c1ccccc1. The molecule has 3 heteroatoms. The molecule has 62 valence electrons. The summed E-state index contributed by atoms with van der Waals surface area (Å²) in [5, 5.41) is 3.62. The fraction of sp³-hybridized carbons (Fsp3) is 0.111. The molecule has 0 radical (unpaired) electrons. The van der Waals surface area contributed by atoms with Crippen molar-refractivity contribution >= 4 is 12.1 Å². The third kappa shape index (κ3) is 2.20. The third-order valence-electron chi connectivity index (χ3n) is 1.33. The van der Waals surface area contributed by atoms with Gasteiger partial charge in [-0.1, -0.05) is 18.2 Å². The van der Waals surface area contributed by atoms with Gasteiger partial charge >= 0.3 is 0 Å². The summed E-state index contributed by atoms with van der Waals surface area (Å²) in [7, 11) is 0. The van der Waals surface area contributed by atoms with Crippen molar-refractivity contribution < 1.29 is 4.79 Å². The van der Waals surface area contributed by atoms with Crippen LogP contribution in [0.1, 0.15) is 17.3 Å². The summed E-state index contributed by atoms with van der Waals surface area (Å²) in [4.78, 5) is 11.2. The van der Waals surface area contributed by atoms with Gasteiger partial charge in [0.25, 0.3) is 5.91 Å². The second-order valence-electron chi connectivity index (χ2n) is 2.19. The third-order valence-corrected chi connectivity index (χ3v) is 1.33. The van der Waals surface area contributed by atoms with Crippen LogP contribution >= 0.6 is 0 Å². The Labute approximate surface area is 71.1 Å². The Morgan fingerprint density at radius 3 is 2.67 bits per heavy atom. The summed E-state index contributed by atoms with van der Waals surface area (Å²) >= 11 is 0. The molecule has 3 nitrogen and oxygen atoms in total. The number of carbonyl (C=O) groups excluding carboxylic acids is 1. The zero-order valence-electron chi connectivity index (χ0n) is 6.82. The number of hydrogen-bond acceptors (Lipinski definition) is 2. The number of hydrogen-bond donors (Lipinski definition) is 1. The molecule has 1 amide bonds. The molecule has 0 atom stereocenters. The predicted molar refractivity (Wildman–Crippen MR) is 48.1 cm³/mol. The summed E-state index contributed by atoms with van der Waals surface area (Å²) in [6.45, 7) is 1.74. The van der Waals surface area contributed by atoms with Crippen molar-refractivity contribution in [1.82, 2.24) is 5.43 Å². The Kier molecular flexibility index (Phi) is 3.02. The Hall–Kier alpha value is -1.64. The number of nitrogens with zero attached hydrogens (tertiary/aromatic N) is 1. The van der Waals surface area contributed by atoms with E-state index in [1.807, 2.05) is 18.2 Å². The van der Waals surface area contributed by atoms with E-state index in [-0.39, 0.29) is 5.91 Å². The lowest BCUT2D eigenvalue weighted by molar-refractivity contribution is 0.0955. The van der Waals surface area contributed by atoms with E-state index in [9.17, 15) is 4.79 Å². The van der Waals surface area contributed by atoms with Crippen LogP contribution in [0, 0.1) is 0 Å². The lowest BCUT2D eigenvalue weighted by Crippen LogP contribution is -2.16. The van der Waals surface area contributed by atoms with Crippen molar-refractivity contribution in [3.63, 3.8) is 0 Å². The van der Waals surface area contributed by atoms with Gasteiger partial charge in [0.1, 0.15) is 0 Å². The number of nitrogens with one attached hydrogen (secondary N) is 1. The molecule has 0 fully saturated rings. The normalized spacial score (nSPS) is 10.1. The molecular weight excluding hydrogens is 152 g/mol. The van der Waals surface area contributed by atoms with Crippen LogP contribution in [0.5, 0.6) is 0 Å². The molecule has 0 unspecified atom stereocenters. The zero-order valence-corrected chi connectivity index (χ0v) is 6.82. The summed E-state index contributed by atoms with van der Waals surface area (Å²) < 4.78 is 0. The Morgan fingerprint density at radius 1 is 1.42 bits per heavy atom. The number of rotatable bonds is 2. The van der Waals surface area contributed by atoms with E-state index in [0.29, 0.717) is 5.56 Å². The molecule has 1 rings (SSSR count). The minimum Gasteiger partial charge on any atom is -0.267 e. The maximum Gasteiger partial charge on any atom is 0.271 e.